The number of hydrogen-bond acceptors (Lipinski definition) is 1. The number of allylic oxidation sites excluding steroid dienone is 1. The van der Waals surface area contributed by atoms with Gasteiger partial charge in [-0.15, -0.1) is 6.58 Å². The Labute approximate surface area is 91.8 Å². The monoisotopic (exact) mass is 202 g/mol. The molecule has 1 heterocycles. The molecule has 1 aromatic rings. The van der Waals surface area contributed by atoms with Gasteiger partial charge in [0.05, 0.1) is 6.61 Å². The van der Waals surface area contributed by atoms with Crippen molar-refractivity contribution in [3.05, 3.63) is 42.0 Å². The average molecular weight is 202 g/mol. The Balaban J connectivity index is 2.40. The molecule has 0 N–H and O–H groups in total. The lowest BCUT2D eigenvalue weighted by Crippen LogP contribution is -2.26. The van der Waals surface area contributed by atoms with Gasteiger partial charge in [-0.1, -0.05) is 32.1 Å². The van der Waals surface area contributed by atoms with E-state index in [2.05, 4.69) is 38.6 Å². The van der Waals surface area contributed by atoms with Gasteiger partial charge in [0, 0.05) is 0 Å². The molecule has 0 unspecified atom stereocenters. The highest BCUT2D eigenvalue weighted by Crippen LogP contribution is 2.38. The molecule has 1 nitrogen and oxygen atoms in total. The van der Waals surface area contributed by atoms with E-state index < -0.39 is 0 Å². The van der Waals surface area contributed by atoms with Gasteiger partial charge in [0.15, 0.2) is 0 Å². The van der Waals surface area contributed by atoms with Gasteiger partial charge in [-0.05, 0) is 35.4 Å². The number of benzene rings is 1. The van der Waals surface area contributed by atoms with Crippen LogP contribution in [0.2, 0.25) is 0 Å². The molecule has 0 aromatic heterocycles. The highest BCUT2D eigenvalue weighted by atomic mass is 16.5. The van der Waals surface area contributed by atoms with Gasteiger partial charge in [0.2, 0.25) is 0 Å². The van der Waals surface area contributed by atoms with E-state index >= 15 is 0 Å². The molecule has 1 heteroatoms. The van der Waals surface area contributed by atoms with Gasteiger partial charge in [-0.2, -0.15) is 0 Å². The molecule has 0 amide bonds. The first kappa shape index (κ1) is 10.3. The van der Waals surface area contributed by atoms with Crippen LogP contribution in [0.1, 0.15) is 31.4 Å². The van der Waals surface area contributed by atoms with Crippen LogP contribution in [-0.2, 0) is 11.8 Å². The second-order valence-corrected chi connectivity index (χ2v) is 4.81. The lowest BCUT2D eigenvalue weighted by Gasteiger charge is -2.32. The minimum Gasteiger partial charge on any atom is -0.493 e. The van der Waals surface area contributed by atoms with E-state index in [1.807, 2.05) is 6.08 Å². The number of rotatable bonds is 2. The third kappa shape index (κ3) is 1.92. The van der Waals surface area contributed by atoms with Crippen molar-refractivity contribution >= 4 is 0 Å². The van der Waals surface area contributed by atoms with Crippen LogP contribution in [0.4, 0.5) is 0 Å². The second kappa shape index (κ2) is 3.73. The van der Waals surface area contributed by atoms with Crippen molar-refractivity contribution < 1.29 is 4.74 Å². The second-order valence-electron chi connectivity index (χ2n) is 4.81. The third-order valence-corrected chi connectivity index (χ3v) is 3.14. The van der Waals surface area contributed by atoms with Crippen molar-refractivity contribution in [3.8, 4) is 5.75 Å². The molecule has 0 fully saturated rings. The molecule has 0 spiro atoms. The maximum atomic E-state index is 5.71. The lowest BCUT2D eigenvalue weighted by molar-refractivity contribution is 0.234. The van der Waals surface area contributed by atoms with E-state index in [-0.39, 0.29) is 5.41 Å². The quantitative estimate of drug-likeness (QED) is 0.667. The standard InChI is InChI=1S/C14H18O/c1-4-5-11-6-7-12-13(10-11)15-9-8-14(12,2)3/h4,6-7,10H,1,5,8-9H2,2-3H3. The highest BCUT2D eigenvalue weighted by Gasteiger charge is 2.28. The molecule has 2 rings (SSSR count). The first-order chi connectivity index (χ1) is 7.13. The third-order valence-electron chi connectivity index (χ3n) is 3.14. The Morgan fingerprint density at radius 2 is 2.27 bits per heavy atom. The van der Waals surface area contributed by atoms with Crippen molar-refractivity contribution in [3.63, 3.8) is 0 Å². The van der Waals surface area contributed by atoms with Gasteiger partial charge in [0.25, 0.3) is 0 Å². The molecule has 0 atom stereocenters. The summed E-state index contributed by atoms with van der Waals surface area (Å²) in [6.07, 6.45) is 3.94. The van der Waals surface area contributed by atoms with Crippen molar-refractivity contribution in [2.75, 3.05) is 6.61 Å². The molecule has 0 bridgehead atoms. The summed E-state index contributed by atoms with van der Waals surface area (Å²) < 4.78 is 5.71. The maximum Gasteiger partial charge on any atom is 0.123 e. The van der Waals surface area contributed by atoms with Gasteiger partial charge >= 0.3 is 0 Å². The summed E-state index contributed by atoms with van der Waals surface area (Å²) in [6.45, 7) is 9.15. The first-order valence-corrected chi connectivity index (χ1v) is 5.50. The zero-order valence-electron chi connectivity index (χ0n) is 9.55. The summed E-state index contributed by atoms with van der Waals surface area (Å²) in [7, 11) is 0. The highest BCUT2D eigenvalue weighted by molar-refractivity contribution is 5.43. The first-order valence-electron chi connectivity index (χ1n) is 5.50. The summed E-state index contributed by atoms with van der Waals surface area (Å²) in [5.74, 6) is 1.06. The van der Waals surface area contributed by atoms with Gasteiger partial charge in [-0.3, -0.25) is 0 Å². The number of ether oxygens (including phenoxy) is 1. The van der Waals surface area contributed by atoms with E-state index in [1.165, 1.54) is 11.1 Å². The normalized spacial score (nSPS) is 17.7. The molecule has 1 aliphatic rings. The van der Waals surface area contributed by atoms with Gasteiger partial charge in [-0.25, -0.2) is 0 Å². The summed E-state index contributed by atoms with van der Waals surface area (Å²) in [5, 5.41) is 0. The molecule has 0 saturated carbocycles. The van der Waals surface area contributed by atoms with Gasteiger partial charge < -0.3 is 4.74 Å². The van der Waals surface area contributed by atoms with E-state index in [0.29, 0.717) is 0 Å². The largest absolute Gasteiger partial charge is 0.493 e. The summed E-state index contributed by atoms with van der Waals surface area (Å²) in [4.78, 5) is 0. The Hall–Kier alpha value is -1.24. The van der Waals surface area contributed by atoms with Crippen LogP contribution in [0.25, 0.3) is 0 Å². The molecule has 0 saturated heterocycles. The van der Waals surface area contributed by atoms with Crippen LogP contribution < -0.4 is 4.74 Å². The fourth-order valence-corrected chi connectivity index (χ4v) is 2.09. The molecule has 0 radical (unpaired) electrons. The topological polar surface area (TPSA) is 9.23 Å². The average Bonchev–Trinajstić information content (AvgIpc) is 2.17. The summed E-state index contributed by atoms with van der Waals surface area (Å²) in [5.41, 5.74) is 2.86. The van der Waals surface area contributed by atoms with Crippen molar-refractivity contribution in [2.24, 2.45) is 0 Å². The van der Waals surface area contributed by atoms with Crippen molar-refractivity contribution in [2.45, 2.75) is 32.1 Å². The molecule has 1 aliphatic heterocycles. The fraction of sp³-hybridized carbons (Fsp3) is 0.429. The number of hydrogen-bond donors (Lipinski definition) is 0. The summed E-state index contributed by atoms with van der Waals surface area (Å²) in [6, 6.07) is 6.53. The molecular formula is C14H18O. The zero-order chi connectivity index (χ0) is 10.9. The maximum absolute atomic E-state index is 5.71. The van der Waals surface area contributed by atoms with Crippen LogP contribution in [0.3, 0.4) is 0 Å². The van der Waals surface area contributed by atoms with Crippen LogP contribution in [0.15, 0.2) is 30.9 Å². The Morgan fingerprint density at radius 3 is 3.00 bits per heavy atom. The van der Waals surface area contributed by atoms with E-state index in [9.17, 15) is 0 Å². The smallest absolute Gasteiger partial charge is 0.123 e. The summed E-state index contributed by atoms with van der Waals surface area (Å²) >= 11 is 0. The van der Waals surface area contributed by atoms with Crippen LogP contribution in [-0.4, -0.2) is 6.61 Å². The zero-order valence-corrected chi connectivity index (χ0v) is 9.55. The minimum atomic E-state index is 0.250. The van der Waals surface area contributed by atoms with Crippen molar-refractivity contribution in [1.29, 1.82) is 0 Å². The van der Waals surface area contributed by atoms with E-state index in [0.717, 1.165) is 25.2 Å². The molecule has 1 aromatic carbocycles. The molecule has 0 aliphatic carbocycles. The predicted molar refractivity (Wildman–Crippen MR) is 63.5 cm³/mol. The van der Waals surface area contributed by atoms with Crippen LogP contribution >= 0.6 is 0 Å². The number of fused-ring (bicyclic) bond motifs is 1. The molecule has 80 valence electrons. The van der Waals surface area contributed by atoms with Crippen LogP contribution in [0.5, 0.6) is 5.75 Å². The Bertz CT molecular complexity index is 377. The Morgan fingerprint density at radius 1 is 1.47 bits per heavy atom. The van der Waals surface area contributed by atoms with E-state index in [1.54, 1.807) is 0 Å². The predicted octanol–water partition coefficient (Wildman–Crippen LogP) is 3.48. The van der Waals surface area contributed by atoms with Gasteiger partial charge in [0.1, 0.15) is 5.75 Å². The molecular weight excluding hydrogens is 184 g/mol. The van der Waals surface area contributed by atoms with E-state index in [4.69, 9.17) is 4.74 Å². The fourth-order valence-electron chi connectivity index (χ4n) is 2.09. The van der Waals surface area contributed by atoms with Crippen molar-refractivity contribution in [1.82, 2.24) is 0 Å². The Kier molecular flexibility index (Phi) is 2.56. The SMILES string of the molecule is C=CCc1ccc2c(c1)OCCC2(C)C. The lowest BCUT2D eigenvalue weighted by atomic mass is 9.79. The van der Waals surface area contributed by atoms with Crippen LogP contribution in [0, 0.1) is 0 Å². The molecule has 15 heavy (non-hydrogen) atoms. The minimum absolute atomic E-state index is 0.250.